The van der Waals surface area contributed by atoms with Gasteiger partial charge >= 0.3 is 0 Å². The van der Waals surface area contributed by atoms with Crippen molar-refractivity contribution >= 4 is 11.8 Å². The number of carbonyl (C=O) groups excluding carboxylic acids is 2. The second-order valence-corrected chi connectivity index (χ2v) is 6.66. The van der Waals surface area contributed by atoms with E-state index in [0.717, 1.165) is 37.2 Å². The van der Waals surface area contributed by atoms with Gasteiger partial charge in [-0.1, -0.05) is 24.3 Å². The molecule has 2 aliphatic rings. The fourth-order valence-electron chi connectivity index (χ4n) is 3.47. The van der Waals surface area contributed by atoms with E-state index in [9.17, 15) is 9.59 Å². The third-order valence-electron chi connectivity index (χ3n) is 4.90. The van der Waals surface area contributed by atoms with Crippen LogP contribution in [0.2, 0.25) is 0 Å². The van der Waals surface area contributed by atoms with Gasteiger partial charge in [0.15, 0.2) is 0 Å². The molecule has 6 nitrogen and oxygen atoms in total. The molecule has 1 atom stereocenters. The van der Waals surface area contributed by atoms with E-state index in [2.05, 4.69) is 10.3 Å². The molecular weight excluding hydrogens is 330 g/mol. The molecule has 4 rings (SSSR count). The van der Waals surface area contributed by atoms with Crippen LogP contribution in [0.3, 0.4) is 0 Å². The molecule has 6 heteroatoms. The largest absolute Gasteiger partial charge is 0.493 e. The van der Waals surface area contributed by atoms with E-state index < -0.39 is 0 Å². The number of benzene rings is 1. The number of nitrogens with one attached hydrogen (secondary N) is 1. The number of pyridine rings is 1. The van der Waals surface area contributed by atoms with Crippen molar-refractivity contribution in [3.63, 3.8) is 0 Å². The molecule has 1 aromatic heterocycles. The number of likely N-dealkylation sites (tertiary alicyclic amines) is 1. The average Bonchev–Trinajstić information content (AvgIpc) is 3.36. The maximum absolute atomic E-state index is 12.5. The Kier molecular flexibility index (Phi) is 4.56. The number of hydrogen-bond acceptors (Lipinski definition) is 4. The van der Waals surface area contributed by atoms with Gasteiger partial charge in [0.2, 0.25) is 0 Å². The second kappa shape index (κ2) is 7.15. The van der Waals surface area contributed by atoms with E-state index in [0.29, 0.717) is 18.8 Å². The summed E-state index contributed by atoms with van der Waals surface area (Å²) in [6.07, 6.45) is 2.05. The number of ether oxygens (including phenoxy) is 1. The van der Waals surface area contributed by atoms with Gasteiger partial charge in [0, 0.05) is 31.1 Å². The van der Waals surface area contributed by atoms with E-state index in [4.69, 9.17) is 4.74 Å². The van der Waals surface area contributed by atoms with Crippen LogP contribution in [-0.4, -0.2) is 47.9 Å². The van der Waals surface area contributed by atoms with Crippen LogP contribution in [0.5, 0.6) is 5.75 Å². The summed E-state index contributed by atoms with van der Waals surface area (Å²) in [5.41, 5.74) is 1.70. The summed E-state index contributed by atoms with van der Waals surface area (Å²) >= 11 is 0. The standard InChI is InChI=1S/C20H21N3O3/c24-19(21-12-14-13-26-18-9-2-1-6-15(14)18)16-7-5-8-17(22-16)20(25)23-10-3-4-11-23/h1-2,5-9,14H,3-4,10-13H2,(H,21,24). The number of para-hydroxylation sites is 1. The van der Waals surface area contributed by atoms with Gasteiger partial charge in [-0.3, -0.25) is 9.59 Å². The molecule has 2 amide bonds. The molecule has 0 spiro atoms. The lowest BCUT2D eigenvalue weighted by atomic mass is 10.0. The molecule has 1 fully saturated rings. The maximum Gasteiger partial charge on any atom is 0.272 e. The van der Waals surface area contributed by atoms with Gasteiger partial charge in [-0.15, -0.1) is 0 Å². The highest BCUT2D eigenvalue weighted by atomic mass is 16.5. The zero-order chi connectivity index (χ0) is 17.9. The van der Waals surface area contributed by atoms with Crippen molar-refractivity contribution in [1.82, 2.24) is 15.2 Å². The highest BCUT2D eigenvalue weighted by Gasteiger charge is 2.25. The molecule has 2 aliphatic heterocycles. The van der Waals surface area contributed by atoms with Crippen molar-refractivity contribution in [2.75, 3.05) is 26.2 Å². The predicted octanol–water partition coefficient (Wildman–Crippen LogP) is 2.22. The van der Waals surface area contributed by atoms with Crippen molar-refractivity contribution in [2.45, 2.75) is 18.8 Å². The third-order valence-corrected chi connectivity index (χ3v) is 4.90. The summed E-state index contributed by atoms with van der Waals surface area (Å²) in [5.74, 6) is 0.633. The lowest BCUT2D eigenvalue weighted by molar-refractivity contribution is 0.0787. The Morgan fingerprint density at radius 3 is 2.69 bits per heavy atom. The fraction of sp³-hybridized carbons (Fsp3) is 0.350. The van der Waals surface area contributed by atoms with Crippen LogP contribution < -0.4 is 10.1 Å². The first kappa shape index (κ1) is 16.6. The first-order chi connectivity index (χ1) is 12.7. The van der Waals surface area contributed by atoms with Crippen LogP contribution in [0.25, 0.3) is 0 Å². The van der Waals surface area contributed by atoms with Gasteiger partial charge in [-0.25, -0.2) is 4.98 Å². The minimum atomic E-state index is -0.273. The molecular formula is C20H21N3O3. The first-order valence-electron chi connectivity index (χ1n) is 8.98. The topological polar surface area (TPSA) is 71.5 Å². The van der Waals surface area contributed by atoms with Crippen molar-refractivity contribution in [3.8, 4) is 5.75 Å². The van der Waals surface area contributed by atoms with E-state index in [1.807, 2.05) is 24.3 Å². The van der Waals surface area contributed by atoms with Crippen molar-refractivity contribution in [2.24, 2.45) is 0 Å². The first-order valence-corrected chi connectivity index (χ1v) is 8.98. The zero-order valence-corrected chi connectivity index (χ0v) is 14.5. The van der Waals surface area contributed by atoms with Gasteiger partial charge in [-0.2, -0.15) is 0 Å². The third kappa shape index (κ3) is 3.27. The average molecular weight is 351 g/mol. The van der Waals surface area contributed by atoms with Crippen LogP contribution in [0.15, 0.2) is 42.5 Å². The Morgan fingerprint density at radius 2 is 1.85 bits per heavy atom. The number of nitrogens with zero attached hydrogens (tertiary/aromatic N) is 2. The van der Waals surface area contributed by atoms with Crippen molar-refractivity contribution in [1.29, 1.82) is 0 Å². The van der Waals surface area contributed by atoms with E-state index >= 15 is 0 Å². The van der Waals surface area contributed by atoms with Gasteiger partial charge in [0.1, 0.15) is 17.1 Å². The Hall–Kier alpha value is -2.89. The lowest BCUT2D eigenvalue weighted by Gasteiger charge is -2.15. The van der Waals surface area contributed by atoms with Crippen LogP contribution >= 0.6 is 0 Å². The number of fused-ring (bicyclic) bond motifs is 1. The molecule has 1 unspecified atom stereocenters. The smallest absolute Gasteiger partial charge is 0.272 e. The number of rotatable bonds is 4. The highest BCUT2D eigenvalue weighted by Crippen LogP contribution is 2.32. The summed E-state index contributed by atoms with van der Waals surface area (Å²) in [7, 11) is 0. The maximum atomic E-state index is 12.5. The van der Waals surface area contributed by atoms with Crippen LogP contribution in [0.1, 0.15) is 45.3 Å². The molecule has 26 heavy (non-hydrogen) atoms. The molecule has 0 radical (unpaired) electrons. The highest BCUT2D eigenvalue weighted by molar-refractivity contribution is 5.96. The number of hydrogen-bond donors (Lipinski definition) is 1. The predicted molar refractivity (Wildman–Crippen MR) is 96.4 cm³/mol. The molecule has 0 aliphatic carbocycles. The summed E-state index contributed by atoms with van der Waals surface area (Å²) in [6, 6.07) is 12.9. The molecule has 2 aromatic rings. The van der Waals surface area contributed by atoms with Crippen molar-refractivity contribution in [3.05, 3.63) is 59.4 Å². The Labute approximate surface area is 152 Å². The quantitative estimate of drug-likeness (QED) is 0.917. The van der Waals surface area contributed by atoms with Crippen molar-refractivity contribution < 1.29 is 14.3 Å². The minimum absolute atomic E-state index is 0.102. The second-order valence-electron chi connectivity index (χ2n) is 6.66. The van der Waals surface area contributed by atoms with Crippen LogP contribution in [0, 0.1) is 0 Å². The molecule has 0 bridgehead atoms. The van der Waals surface area contributed by atoms with Gasteiger partial charge in [0.05, 0.1) is 6.61 Å². The van der Waals surface area contributed by atoms with Crippen LogP contribution in [0.4, 0.5) is 0 Å². The monoisotopic (exact) mass is 351 g/mol. The SMILES string of the molecule is O=C(NCC1COc2ccccc21)c1cccc(C(=O)N2CCCC2)n1. The molecule has 1 aromatic carbocycles. The summed E-state index contributed by atoms with van der Waals surface area (Å²) in [4.78, 5) is 31.0. The van der Waals surface area contributed by atoms with Crippen LogP contribution in [-0.2, 0) is 0 Å². The Bertz CT molecular complexity index is 831. The number of carbonyl (C=O) groups is 2. The normalized spacial score (nSPS) is 18.3. The fourth-order valence-corrected chi connectivity index (χ4v) is 3.47. The molecule has 1 saturated heterocycles. The minimum Gasteiger partial charge on any atom is -0.493 e. The van der Waals surface area contributed by atoms with Gasteiger partial charge in [-0.05, 0) is 31.0 Å². The zero-order valence-electron chi connectivity index (χ0n) is 14.5. The van der Waals surface area contributed by atoms with E-state index in [-0.39, 0.29) is 23.4 Å². The van der Waals surface area contributed by atoms with Gasteiger partial charge in [0.25, 0.3) is 11.8 Å². The molecule has 0 saturated carbocycles. The Morgan fingerprint density at radius 1 is 1.08 bits per heavy atom. The van der Waals surface area contributed by atoms with E-state index in [1.165, 1.54) is 0 Å². The molecule has 3 heterocycles. The lowest BCUT2D eigenvalue weighted by Crippen LogP contribution is -2.31. The summed E-state index contributed by atoms with van der Waals surface area (Å²) < 4.78 is 5.64. The van der Waals surface area contributed by atoms with Gasteiger partial charge < -0.3 is 15.0 Å². The number of aromatic nitrogens is 1. The molecule has 1 N–H and O–H groups in total. The Balaban J connectivity index is 1.41. The summed E-state index contributed by atoms with van der Waals surface area (Å²) in [5, 5.41) is 2.91. The summed E-state index contributed by atoms with van der Waals surface area (Å²) in [6.45, 7) is 2.55. The number of amides is 2. The molecule has 134 valence electrons. The van der Waals surface area contributed by atoms with E-state index in [1.54, 1.807) is 23.1 Å².